The van der Waals surface area contributed by atoms with Gasteiger partial charge in [0.05, 0.1) is 10.5 Å². The maximum Gasteiger partial charge on any atom is 0.261 e. The number of amides is 1. The Balaban J connectivity index is 1.99. The van der Waals surface area contributed by atoms with Crippen LogP contribution in [0.2, 0.25) is 0 Å². The summed E-state index contributed by atoms with van der Waals surface area (Å²) in [4.78, 5) is 11.9. The summed E-state index contributed by atoms with van der Waals surface area (Å²) >= 11 is 0. The monoisotopic (exact) mass is 317 g/mol. The lowest BCUT2D eigenvalue weighted by atomic mass is 10.0. The number of ether oxygens (including phenoxy) is 1. The second-order valence-corrected chi connectivity index (χ2v) is 7.61. The number of halogens is 1. The zero-order chi connectivity index (χ0) is 14.8. The Morgan fingerprint density at radius 2 is 2.05 bits per heavy atom. The molecule has 2 rings (SSSR count). The molecule has 1 atom stereocenters. The van der Waals surface area contributed by atoms with E-state index < -0.39 is 9.05 Å². The maximum atomic E-state index is 12.0. The van der Waals surface area contributed by atoms with Gasteiger partial charge < -0.3 is 10.1 Å². The minimum absolute atomic E-state index is 0.0261. The fraction of sp³-hybridized carbons (Fsp3) is 0.462. The fourth-order valence-electron chi connectivity index (χ4n) is 2.11. The molecule has 1 amide bonds. The molecule has 1 aliphatic rings. The summed E-state index contributed by atoms with van der Waals surface area (Å²) in [5.41, 5.74) is 0.0744. The smallest absolute Gasteiger partial charge is 0.261 e. The van der Waals surface area contributed by atoms with E-state index in [9.17, 15) is 13.2 Å². The van der Waals surface area contributed by atoms with Crippen molar-refractivity contribution in [2.75, 3.05) is 13.2 Å². The lowest BCUT2D eigenvalue weighted by Crippen LogP contribution is -2.40. The van der Waals surface area contributed by atoms with Gasteiger partial charge in [-0.25, -0.2) is 8.42 Å². The molecule has 0 spiro atoms. The lowest BCUT2D eigenvalue weighted by Gasteiger charge is -2.23. The van der Waals surface area contributed by atoms with Crippen molar-refractivity contribution in [3.8, 4) is 0 Å². The molecule has 1 aromatic carbocycles. The molecule has 1 fully saturated rings. The third-order valence-electron chi connectivity index (χ3n) is 3.32. The first kappa shape index (κ1) is 15.3. The second-order valence-electron chi connectivity index (χ2n) is 5.05. The highest BCUT2D eigenvalue weighted by Crippen LogP contribution is 2.24. The zero-order valence-electron chi connectivity index (χ0n) is 11.1. The van der Waals surface area contributed by atoms with Crippen LogP contribution in [0.3, 0.4) is 0 Å². The Labute approximate surface area is 122 Å². The first-order chi connectivity index (χ1) is 9.30. The minimum atomic E-state index is -3.76. The van der Waals surface area contributed by atoms with E-state index in [2.05, 4.69) is 5.32 Å². The Bertz CT molecular complexity index is 591. The van der Waals surface area contributed by atoms with Crippen LogP contribution in [0.15, 0.2) is 29.2 Å². The van der Waals surface area contributed by atoms with Gasteiger partial charge in [-0.15, -0.1) is 0 Å². The predicted octanol–water partition coefficient (Wildman–Crippen LogP) is 1.91. The van der Waals surface area contributed by atoms with Crippen molar-refractivity contribution in [3.05, 3.63) is 29.8 Å². The van der Waals surface area contributed by atoms with Crippen LogP contribution in [0, 0.1) is 0 Å². The van der Waals surface area contributed by atoms with Crippen LogP contribution in [0.5, 0.6) is 0 Å². The summed E-state index contributed by atoms with van der Waals surface area (Å²) in [6, 6.07) is 5.49. The van der Waals surface area contributed by atoms with E-state index in [1.54, 1.807) is 0 Å². The second kappa shape index (κ2) is 5.71. The van der Waals surface area contributed by atoms with Crippen molar-refractivity contribution >= 4 is 25.6 Å². The van der Waals surface area contributed by atoms with Gasteiger partial charge in [-0.2, -0.15) is 0 Å². The van der Waals surface area contributed by atoms with Gasteiger partial charge in [0.1, 0.15) is 0 Å². The Morgan fingerprint density at radius 1 is 1.40 bits per heavy atom. The summed E-state index contributed by atoms with van der Waals surface area (Å²) in [6.45, 7) is 3.11. The summed E-state index contributed by atoms with van der Waals surface area (Å²) in [5.74, 6) is -0.264. The van der Waals surface area contributed by atoms with Crippen molar-refractivity contribution in [3.63, 3.8) is 0 Å². The first-order valence-corrected chi connectivity index (χ1v) is 8.58. The standard InChI is InChI=1S/C13H16ClNO4S/c1-13(7-2-8-19-13)9-15-12(16)10-3-5-11(6-4-10)20(14,17)18/h3-6H,2,7-9H2,1H3,(H,15,16). The molecule has 0 aliphatic carbocycles. The fourth-order valence-corrected chi connectivity index (χ4v) is 2.88. The van der Waals surface area contributed by atoms with Crippen LogP contribution < -0.4 is 5.32 Å². The highest BCUT2D eigenvalue weighted by Gasteiger charge is 2.30. The molecule has 1 saturated heterocycles. The van der Waals surface area contributed by atoms with Crippen LogP contribution in [0.4, 0.5) is 0 Å². The van der Waals surface area contributed by atoms with Gasteiger partial charge in [0.2, 0.25) is 0 Å². The maximum absolute atomic E-state index is 12.0. The predicted molar refractivity (Wildman–Crippen MR) is 75.4 cm³/mol. The van der Waals surface area contributed by atoms with Gasteiger partial charge in [0, 0.05) is 29.4 Å². The summed E-state index contributed by atoms with van der Waals surface area (Å²) < 4.78 is 27.8. The molecule has 20 heavy (non-hydrogen) atoms. The van der Waals surface area contributed by atoms with Gasteiger partial charge in [-0.3, -0.25) is 4.79 Å². The van der Waals surface area contributed by atoms with Gasteiger partial charge in [-0.05, 0) is 44.0 Å². The third-order valence-corrected chi connectivity index (χ3v) is 4.69. The largest absolute Gasteiger partial charge is 0.373 e. The number of rotatable bonds is 4. The van der Waals surface area contributed by atoms with Crippen molar-refractivity contribution in [1.82, 2.24) is 5.32 Å². The quantitative estimate of drug-likeness (QED) is 0.861. The lowest BCUT2D eigenvalue weighted by molar-refractivity contribution is 0.0206. The number of hydrogen-bond donors (Lipinski definition) is 1. The van der Waals surface area contributed by atoms with Crippen molar-refractivity contribution in [2.24, 2.45) is 0 Å². The van der Waals surface area contributed by atoms with E-state index in [0.717, 1.165) is 12.8 Å². The third kappa shape index (κ3) is 3.71. The van der Waals surface area contributed by atoms with E-state index in [1.807, 2.05) is 6.92 Å². The van der Waals surface area contributed by atoms with Crippen LogP contribution >= 0.6 is 10.7 Å². The Morgan fingerprint density at radius 3 is 2.55 bits per heavy atom. The highest BCUT2D eigenvalue weighted by molar-refractivity contribution is 8.13. The topological polar surface area (TPSA) is 72.5 Å². The number of nitrogens with one attached hydrogen (secondary N) is 1. The van der Waals surface area contributed by atoms with E-state index >= 15 is 0 Å². The molecule has 1 heterocycles. The summed E-state index contributed by atoms with van der Waals surface area (Å²) in [7, 11) is 1.45. The van der Waals surface area contributed by atoms with E-state index in [4.69, 9.17) is 15.4 Å². The van der Waals surface area contributed by atoms with Gasteiger partial charge >= 0.3 is 0 Å². The normalized spacial score (nSPS) is 22.7. The molecule has 1 unspecified atom stereocenters. The summed E-state index contributed by atoms with van der Waals surface area (Å²) in [5, 5.41) is 2.79. The number of carbonyl (C=O) groups excluding carboxylic acids is 1. The molecule has 0 saturated carbocycles. The molecule has 110 valence electrons. The average molecular weight is 318 g/mol. The van der Waals surface area contributed by atoms with E-state index in [-0.39, 0.29) is 16.4 Å². The molecule has 5 nitrogen and oxygen atoms in total. The molecule has 1 N–H and O–H groups in total. The molecule has 1 aromatic rings. The first-order valence-electron chi connectivity index (χ1n) is 6.27. The molecule has 0 radical (unpaired) electrons. The highest BCUT2D eigenvalue weighted by atomic mass is 35.7. The van der Waals surface area contributed by atoms with E-state index in [1.165, 1.54) is 24.3 Å². The number of carbonyl (C=O) groups is 1. The molecular weight excluding hydrogens is 302 g/mol. The number of benzene rings is 1. The molecule has 0 aromatic heterocycles. The van der Waals surface area contributed by atoms with E-state index in [0.29, 0.717) is 18.7 Å². The van der Waals surface area contributed by atoms with Crippen molar-refractivity contribution < 1.29 is 17.9 Å². The molecule has 1 aliphatic heterocycles. The van der Waals surface area contributed by atoms with Crippen LogP contribution in [0.25, 0.3) is 0 Å². The van der Waals surface area contributed by atoms with Gasteiger partial charge in [0.25, 0.3) is 15.0 Å². The Hall–Kier alpha value is -1.11. The molecule has 0 bridgehead atoms. The van der Waals surface area contributed by atoms with Crippen molar-refractivity contribution in [2.45, 2.75) is 30.3 Å². The average Bonchev–Trinajstić information content (AvgIpc) is 2.83. The zero-order valence-corrected chi connectivity index (χ0v) is 12.6. The van der Waals surface area contributed by atoms with Crippen molar-refractivity contribution in [1.29, 1.82) is 0 Å². The number of hydrogen-bond acceptors (Lipinski definition) is 4. The van der Waals surface area contributed by atoms with Gasteiger partial charge in [0.15, 0.2) is 0 Å². The SMILES string of the molecule is CC1(CNC(=O)c2ccc(S(=O)(=O)Cl)cc2)CCCO1. The van der Waals surface area contributed by atoms with Crippen LogP contribution in [0.1, 0.15) is 30.1 Å². The Kier molecular flexibility index (Phi) is 4.36. The van der Waals surface area contributed by atoms with Gasteiger partial charge in [-0.1, -0.05) is 0 Å². The minimum Gasteiger partial charge on any atom is -0.373 e. The molecular formula is C13H16ClNO4S. The summed E-state index contributed by atoms with van der Waals surface area (Å²) in [6.07, 6.45) is 1.91. The van der Waals surface area contributed by atoms with Crippen LogP contribution in [-0.4, -0.2) is 33.1 Å². The molecule has 7 heteroatoms. The van der Waals surface area contributed by atoms with Crippen LogP contribution in [-0.2, 0) is 13.8 Å².